The van der Waals surface area contributed by atoms with Crippen LogP contribution in [0.3, 0.4) is 0 Å². The molecule has 108 valence electrons. The number of nitrogens with zero attached hydrogens (tertiary/aromatic N) is 1. The smallest absolute Gasteiger partial charge is 0.226 e. The van der Waals surface area contributed by atoms with Crippen LogP contribution in [0.2, 0.25) is 0 Å². The van der Waals surface area contributed by atoms with Gasteiger partial charge in [0, 0.05) is 17.8 Å². The van der Waals surface area contributed by atoms with Crippen LogP contribution in [0.1, 0.15) is 18.4 Å². The number of aliphatic hydroxyl groups excluding tert-OH is 1. The van der Waals surface area contributed by atoms with Gasteiger partial charge in [0.25, 0.3) is 0 Å². The Kier molecular flexibility index (Phi) is 5.04. The summed E-state index contributed by atoms with van der Waals surface area (Å²) in [7, 11) is 0. The van der Waals surface area contributed by atoms with Crippen molar-refractivity contribution in [2.24, 2.45) is 0 Å². The van der Waals surface area contributed by atoms with E-state index in [1.165, 1.54) is 0 Å². The van der Waals surface area contributed by atoms with E-state index in [1.807, 2.05) is 31.2 Å². The van der Waals surface area contributed by atoms with Crippen LogP contribution in [-0.2, 0) is 6.42 Å². The fourth-order valence-corrected chi connectivity index (χ4v) is 2.01. The first-order chi connectivity index (χ1) is 9.63. The quantitative estimate of drug-likeness (QED) is 0.803. The molecule has 1 unspecified atom stereocenters. The zero-order valence-electron chi connectivity index (χ0n) is 11.7. The zero-order valence-corrected chi connectivity index (χ0v) is 12.4. The summed E-state index contributed by atoms with van der Waals surface area (Å²) in [5.74, 6) is 1.74. The van der Waals surface area contributed by atoms with Gasteiger partial charge in [-0.1, -0.05) is 6.92 Å². The lowest BCUT2D eigenvalue weighted by Gasteiger charge is -2.09. The summed E-state index contributed by atoms with van der Waals surface area (Å²) < 4.78 is 5.66. The Morgan fingerprint density at radius 2 is 2.05 bits per heavy atom. The highest BCUT2D eigenvalue weighted by Crippen LogP contribution is 2.23. The molecule has 1 atom stereocenters. The van der Waals surface area contributed by atoms with Crippen molar-refractivity contribution >= 4 is 17.3 Å². The molecule has 0 aliphatic heterocycles. The second-order valence-corrected chi connectivity index (χ2v) is 4.95. The van der Waals surface area contributed by atoms with E-state index < -0.39 is 6.10 Å². The molecule has 0 saturated carbocycles. The third-order valence-corrected chi connectivity index (χ3v) is 3.44. The van der Waals surface area contributed by atoms with Gasteiger partial charge in [0.15, 0.2) is 0 Å². The number of hydrogen-bond donors (Lipinski definition) is 2. The van der Waals surface area contributed by atoms with Gasteiger partial charge in [-0.05, 0) is 37.6 Å². The van der Waals surface area contributed by atoms with Crippen LogP contribution >= 0.6 is 11.6 Å². The molecule has 4 nitrogen and oxygen atoms in total. The molecule has 1 aromatic carbocycles. The Morgan fingerprint density at radius 1 is 1.35 bits per heavy atom. The van der Waals surface area contributed by atoms with Gasteiger partial charge in [-0.15, -0.1) is 11.6 Å². The third kappa shape index (κ3) is 3.52. The molecular formula is C15H19ClN2O2. The monoisotopic (exact) mass is 294 g/mol. The second kappa shape index (κ2) is 6.77. The number of oxazole rings is 1. The van der Waals surface area contributed by atoms with Crippen LogP contribution in [0.15, 0.2) is 28.7 Å². The summed E-state index contributed by atoms with van der Waals surface area (Å²) in [5, 5.41) is 12.5. The van der Waals surface area contributed by atoms with Crippen LogP contribution in [0.4, 0.5) is 5.69 Å². The van der Waals surface area contributed by atoms with E-state index >= 15 is 0 Å². The maximum Gasteiger partial charge on any atom is 0.226 e. The standard InChI is InChI=1S/C15H19ClN2O2/c1-3-14-10(2)20-15(18-14)11-4-6-12(7-5-11)17-9-13(19)8-16/h4-7,13,17,19H,3,8-9H2,1-2H3. The van der Waals surface area contributed by atoms with Crippen molar-refractivity contribution in [1.82, 2.24) is 4.98 Å². The van der Waals surface area contributed by atoms with E-state index in [1.54, 1.807) is 0 Å². The van der Waals surface area contributed by atoms with E-state index in [9.17, 15) is 5.11 Å². The number of halogens is 1. The van der Waals surface area contributed by atoms with Gasteiger partial charge in [-0.3, -0.25) is 0 Å². The number of aromatic nitrogens is 1. The predicted octanol–water partition coefficient (Wildman–Crippen LogP) is 3.22. The van der Waals surface area contributed by atoms with E-state index in [-0.39, 0.29) is 5.88 Å². The number of alkyl halides is 1. The minimum Gasteiger partial charge on any atom is -0.441 e. The van der Waals surface area contributed by atoms with Crippen LogP contribution in [0.5, 0.6) is 0 Å². The summed E-state index contributed by atoms with van der Waals surface area (Å²) in [6, 6.07) is 7.75. The van der Waals surface area contributed by atoms with Crippen molar-refractivity contribution in [3.63, 3.8) is 0 Å². The minimum absolute atomic E-state index is 0.223. The fraction of sp³-hybridized carbons (Fsp3) is 0.400. The van der Waals surface area contributed by atoms with Gasteiger partial charge in [0.2, 0.25) is 5.89 Å². The molecule has 0 radical (unpaired) electrons. The molecule has 0 aliphatic rings. The highest BCUT2D eigenvalue weighted by molar-refractivity contribution is 6.18. The Hall–Kier alpha value is -1.52. The molecule has 2 N–H and O–H groups in total. The van der Waals surface area contributed by atoms with Crippen molar-refractivity contribution in [2.45, 2.75) is 26.4 Å². The second-order valence-electron chi connectivity index (χ2n) is 4.64. The molecular weight excluding hydrogens is 276 g/mol. The molecule has 20 heavy (non-hydrogen) atoms. The zero-order chi connectivity index (χ0) is 14.5. The van der Waals surface area contributed by atoms with Gasteiger partial charge in [-0.2, -0.15) is 0 Å². The Balaban J connectivity index is 2.07. The third-order valence-electron chi connectivity index (χ3n) is 3.08. The summed E-state index contributed by atoms with van der Waals surface area (Å²) in [5.41, 5.74) is 2.86. The van der Waals surface area contributed by atoms with Crippen molar-refractivity contribution < 1.29 is 9.52 Å². The van der Waals surface area contributed by atoms with Crippen LogP contribution < -0.4 is 5.32 Å². The summed E-state index contributed by atoms with van der Waals surface area (Å²) in [4.78, 5) is 4.47. The van der Waals surface area contributed by atoms with Crippen molar-refractivity contribution in [2.75, 3.05) is 17.7 Å². The molecule has 1 aromatic heterocycles. The Morgan fingerprint density at radius 3 is 2.60 bits per heavy atom. The molecule has 0 spiro atoms. The highest BCUT2D eigenvalue weighted by atomic mass is 35.5. The Bertz CT molecular complexity index is 552. The minimum atomic E-state index is -0.544. The van der Waals surface area contributed by atoms with E-state index in [0.29, 0.717) is 12.4 Å². The highest BCUT2D eigenvalue weighted by Gasteiger charge is 2.09. The molecule has 0 aliphatic carbocycles. The van der Waals surface area contributed by atoms with Crippen molar-refractivity contribution in [3.05, 3.63) is 35.7 Å². The number of benzene rings is 1. The van der Waals surface area contributed by atoms with Crippen molar-refractivity contribution in [1.29, 1.82) is 0 Å². The first kappa shape index (κ1) is 14.9. The Labute approximate surface area is 123 Å². The molecule has 0 amide bonds. The molecule has 0 saturated heterocycles. The predicted molar refractivity (Wildman–Crippen MR) is 81.3 cm³/mol. The topological polar surface area (TPSA) is 58.3 Å². The summed E-state index contributed by atoms with van der Waals surface area (Å²) in [6.45, 7) is 4.42. The first-order valence-electron chi connectivity index (χ1n) is 6.68. The molecule has 5 heteroatoms. The van der Waals surface area contributed by atoms with Crippen LogP contribution in [-0.4, -0.2) is 28.6 Å². The number of aliphatic hydroxyl groups is 1. The molecule has 0 fully saturated rings. The van der Waals surface area contributed by atoms with Crippen LogP contribution in [0, 0.1) is 6.92 Å². The summed E-state index contributed by atoms with van der Waals surface area (Å²) in [6.07, 6.45) is 0.323. The van der Waals surface area contributed by atoms with E-state index in [0.717, 1.165) is 29.1 Å². The molecule has 2 aromatic rings. The molecule has 2 rings (SSSR count). The number of nitrogens with one attached hydrogen (secondary N) is 1. The SMILES string of the molecule is CCc1nc(-c2ccc(NCC(O)CCl)cc2)oc1C. The van der Waals surface area contributed by atoms with Gasteiger partial charge in [0.05, 0.1) is 17.7 Å². The first-order valence-corrected chi connectivity index (χ1v) is 7.22. The lowest BCUT2D eigenvalue weighted by molar-refractivity contribution is 0.211. The average molecular weight is 295 g/mol. The molecule has 0 bridgehead atoms. The van der Waals surface area contributed by atoms with E-state index in [2.05, 4.69) is 17.2 Å². The lowest BCUT2D eigenvalue weighted by atomic mass is 10.2. The maximum atomic E-state index is 9.39. The van der Waals surface area contributed by atoms with Gasteiger partial charge in [-0.25, -0.2) is 4.98 Å². The number of hydrogen-bond acceptors (Lipinski definition) is 4. The average Bonchev–Trinajstić information content (AvgIpc) is 2.86. The van der Waals surface area contributed by atoms with Gasteiger partial charge in [0.1, 0.15) is 5.76 Å². The largest absolute Gasteiger partial charge is 0.441 e. The maximum absolute atomic E-state index is 9.39. The number of aryl methyl sites for hydroxylation is 2. The fourth-order valence-electron chi connectivity index (χ4n) is 1.90. The van der Waals surface area contributed by atoms with Gasteiger partial charge < -0.3 is 14.8 Å². The van der Waals surface area contributed by atoms with Crippen molar-refractivity contribution in [3.8, 4) is 11.5 Å². The van der Waals surface area contributed by atoms with Gasteiger partial charge >= 0.3 is 0 Å². The van der Waals surface area contributed by atoms with E-state index in [4.69, 9.17) is 16.0 Å². The number of anilines is 1. The van der Waals surface area contributed by atoms with Crippen LogP contribution in [0.25, 0.3) is 11.5 Å². The summed E-state index contributed by atoms with van der Waals surface area (Å²) >= 11 is 5.54. The normalized spacial score (nSPS) is 12.4. The molecule has 1 heterocycles. The number of rotatable bonds is 6. The lowest BCUT2D eigenvalue weighted by Crippen LogP contribution is -2.20.